The monoisotopic (exact) mass is 298 g/mol. The van der Waals surface area contributed by atoms with Crippen molar-refractivity contribution in [3.05, 3.63) is 58.4 Å². The zero-order valence-corrected chi connectivity index (χ0v) is 13.0. The smallest absolute Gasteiger partial charge is 0.178 e. The zero-order valence-electron chi connectivity index (χ0n) is 12.2. The van der Waals surface area contributed by atoms with Crippen molar-refractivity contribution in [1.82, 2.24) is 9.55 Å². The van der Waals surface area contributed by atoms with Crippen molar-refractivity contribution in [3.8, 4) is 5.75 Å². The summed E-state index contributed by atoms with van der Waals surface area (Å²) in [6.07, 6.45) is 0. The Morgan fingerprint density at radius 1 is 1.05 bits per heavy atom. The van der Waals surface area contributed by atoms with Crippen LogP contribution in [0.25, 0.3) is 11.0 Å². The number of nitrogens with zero attached hydrogens (tertiary/aromatic N) is 1. The Kier molecular flexibility index (Phi) is 3.80. The van der Waals surface area contributed by atoms with Gasteiger partial charge in [0.05, 0.1) is 17.6 Å². The summed E-state index contributed by atoms with van der Waals surface area (Å²) in [5.41, 5.74) is 4.51. The first-order valence-corrected chi connectivity index (χ1v) is 7.44. The van der Waals surface area contributed by atoms with Crippen molar-refractivity contribution >= 4 is 23.3 Å². The molecule has 21 heavy (non-hydrogen) atoms. The molecule has 3 aromatic rings. The van der Waals surface area contributed by atoms with Gasteiger partial charge in [-0.3, -0.25) is 0 Å². The molecule has 3 nitrogen and oxygen atoms in total. The average molecular weight is 298 g/mol. The van der Waals surface area contributed by atoms with Crippen LogP contribution >= 0.6 is 12.2 Å². The van der Waals surface area contributed by atoms with Crippen LogP contribution in [-0.4, -0.2) is 16.2 Å². The third kappa shape index (κ3) is 2.72. The molecule has 2 aromatic carbocycles. The lowest BCUT2D eigenvalue weighted by atomic mass is 10.1. The van der Waals surface area contributed by atoms with Gasteiger partial charge in [0.2, 0.25) is 0 Å². The predicted molar refractivity (Wildman–Crippen MR) is 88.5 cm³/mol. The molecule has 0 aliphatic carbocycles. The minimum absolute atomic E-state index is 0.599. The average Bonchev–Trinajstić information content (AvgIpc) is 2.78. The molecule has 0 aliphatic rings. The lowest BCUT2D eigenvalue weighted by Gasteiger charge is -2.12. The van der Waals surface area contributed by atoms with E-state index in [0.717, 1.165) is 39.2 Å². The topological polar surface area (TPSA) is 29.9 Å². The van der Waals surface area contributed by atoms with Crippen LogP contribution in [0.3, 0.4) is 0 Å². The molecule has 1 aromatic heterocycles. The molecule has 0 saturated heterocycles. The van der Waals surface area contributed by atoms with Gasteiger partial charge in [-0.2, -0.15) is 0 Å². The minimum atomic E-state index is 0.599. The number of hydrogen-bond acceptors (Lipinski definition) is 2. The molecular weight excluding hydrogens is 280 g/mol. The normalized spacial score (nSPS) is 11.0. The van der Waals surface area contributed by atoms with Gasteiger partial charge in [-0.15, -0.1) is 0 Å². The Morgan fingerprint density at radius 3 is 2.52 bits per heavy atom. The molecular formula is C17H18N2OS. The van der Waals surface area contributed by atoms with Crippen LogP contribution in [0.2, 0.25) is 0 Å². The Bertz CT molecular complexity index is 812. The second-order valence-electron chi connectivity index (χ2n) is 5.17. The van der Waals surface area contributed by atoms with Crippen LogP contribution < -0.4 is 4.74 Å². The SMILES string of the molecule is Cc1cccc(C)c1OCCn1c(=S)[nH]c2ccccc21. The van der Waals surface area contributed by atoms with E-state index in [-0.39, 0.29) is 0 Å². The van der Waals surface area contributed by atoms with Crippen LogP contribution in [0.4, 0.5) is 0 Å². The number of aromatic nitrogens is 2. The van der Waals surface area contributed by atoms with Crippen molar-refractivity contribution < 1.29 is 4.74 Å². The van der Waals surface area contributed by atoms with Gasteiger partial charge in [-0.05, 0) is 49.3 Å². The molecule has 0 unspecified atom stereocenters. The summed E-state index contributed by atoms with van der Waals surface area (Å²) in [5, 5.41) is 0. The highest BCUT2D eigenvalue weighted by molar-refractivity contribution is 7.71. The fourth-order valence-corrected chi connectivity index (χ4v) is 2.89. The van der Waals surface area contributed by atoms with E-state index in [0.29, 0.717) is 6.61 Å². The number of benzene rings is 2. The zero-order chi connectivity index (χ0) is 14.8. The van der Waals surface area contributed by atoms with Crippen molar-refractivity contribution in [2.45, 2.75) is 20.4 Å². The largest absolute Gasteiger partial charge is 0.491 e. The van der Waals surface area contributed by atoms with E-state index >= 15 is 0 Å². The number of aromatic amines is 1. The summed E-state index contributed by atoms with van der Waals surface area (Å²) in [5.74, 6) is 0.976. The highest BCUT2D eigenvalue weighted by Gasteiger charge is 2.06. The van der Waals surface area contributed by atoms with Gasteiger partial charge in [-0.1, -0.05) is 30.3 Å². The Labute approximate surface area is 129 Å². The molecule has 1 heterocycles. The van der Waals surface area contributed by atoms with E-state index in [9.17, 15) is 0 Å². The number of nitrogens with one attached hydrogen (secondary N) is 1. The van der Waals surface area contributed by atoms with Gasteiger partial charge in [0.25, 0.3) is 0 Å². The van der Waals surface area contributed by atoms with E-state index in [2.05, 4.69) is 41.6 Å². The van der Waals surface area contributed by atoms with Crippen LogP contribution in [0.15, 0.2) is 42.5 Å². The molecule has 0 bridgehead atoms. The van der Waals surface area contributed by atoms with Crippen molar-refractivity contribution in [2.24, 2.45) is 0 Å². The first-order valence-electron chi connectivity index (χ1n) is 7.03. The van der Waals surface area contributed by atoms with Gasteiger partial charge in [0, 0.05) is 0 Å². The standard InChI is InChI=1S/C17H18N2OS/c1-12-6-5-7-13(2)16(12)20-11-10-19-15-9-4-3-8-14(15)18-17(19)21/h3-9H,10-11H2,1-2H3,(H,18,21). The summed E-state index contributed by atoms with van der Waals surface area (Å²) in [6, 6.07) is 14.3. The molecule has 4 heteroatoms. The maximum atomic E-state index is 5.96. The molecule has 0 amide bonds. The van der Waals surface area contributed by atoms with E-state index in [1.54, 1.807) is 0 Å². The summed E-state index contributed by atoms with van der Waals surface area (Å²) in [4.78, 5) is 3.22. The van der Waals surface area contributed by atoms with E-state index < -0.39 is 0 Å². The van der Waals surface area contributed by atoms with Crippen molar-refractivity contribution in [3.63, 3.8) is 0 Å². The molecule has 0 spiro atoms. The van der Waals surface area contributed by atoms with Gasteiger partial charge >= 0.3 is 0 Å². The van der Waals surface area contributed by atoms with E-state index in [4.69, 9.17) is 17.0 Å². The van der Waals surface area contributed by atoms with Crippen LogP contribution in [0.1, 0.15) is 11.1 Å². The summed E-state index contributed by atoms with van der Waals surface area (Å²) in [7, 11) is 0. The fraction of sp³-hybridized carbons (Fsp3) is 0.235. The lowest BCUT2D eigenvalue weighted by molar-refractivity contribution is 0.295. The number of imidazole rings is 1. The molecule has 0 atom stereocenters. The van der Waals surface area contributed by atoms with Crippen LogP contribution in [0, 0.1) is 18.6 Å². The number of aryl methyl sites for hydroxylation is 2. The molecule has 1 N–H and O–H groups in total. The van der Waals surface area contributed by atoms with Crippen LogP contribution in [-0.2, 0) is 6.54 Å². The quantitative estimate of drug-likeness (QED) is 0.724. The maximum absolute atomic E-state index is 5.96. The Morgan fingerprint density at radius 2 is 1.76 bits per heavy atom. The number of fused-ring (bicyclic) bond motifs is 1. The highest BCUT2D eigenvalue weighted by atomic mass is 32.1. The lowest BCUT2D eigenvalue weighted by Crippen LogP contribution is -2.09. The van der Waals surface area contributed by atoms with Gasteiger partial charge < -0.3 is 14.3 Å². The highest BCUT2D eigenvalue weighted by Crippen LogP contribution is 2.22. The molecule has 3 rings (SSSR count). The minimum Gasteiger partial charge on any atom is -0.491 e. The number of rotatable bonds is 4. The van der Waals surface area contributed by atoms with E-state index in [1.807, 2.05) is 24.3 Å². The Hall–Kier alpha value is -2.07. The van der Waals surface area contributed by atoms with Crippen molar-refractivity contribution in [2.75, 3.05) is 6.61 Å². The number of H-pyrrole nitrogens is 1. The van der Waals surface area contributed by atoms with Crippen molar-refractivity contribution in [1.29, 1.82) is 0 Å². The third-order valence-corrected chi connectivity index (χ3v) is 3.97. The number of ether oxygens (including phenoxy) is 1. The van der Waals surface area contributed by atoms with Gasteiger partial charge in [-0.25, -0.2) is 0 Å². The molecule has 0 aliphatic heterocycles. The first-order chi connectivity index (χ1) is 10.2. The summed E-state index contributed by atoms with van der Waals surface area (Å²) in [6.45, 7) is 5.47. The van der Waals surface area contributed by atoms with Gasteiger partial charge in [0.15, 0.2) is 4.77 Å². The summed E-state index contributed by atoms with van der Waals surface area (Å²) < 4.78 is 8.78. The third-order valence-electron chi connectivity index (χ3n) is 3.65. The second-order valence-corrected chi connectivity index (χ2v) is 5.56. The summed E-state index contributed by atoms with van der Waals surface area (Å²) >= 11 is 5.39. The van der Waals surface area contributed by atoms with Gasteiger partial charge in [0.1, 0.15) is 12.4 Å². The second kappa shape index (κ2) is 5.74. The predicted octanol–water partition coefficient (Wildman–Crippen LogP) is 4.39. The molecule has 0 saturated carbocycles. The molecule has 0 radical (unpaired) electrons. The number of para-hydroxylation sites is 3. The fourth-order valence-electron chi connectivity index (χ4n) is 2.59. The van der Waals surface area contributed by atoms with Crippen LogP contribution in [0.5, 0.6) is 5.75 Å². The maximum Gasteiger partial charge on any atom is 0.178 e. The van der Waals surface area contributed by atoms with E-state index in [1.165, 1.54) is 0 Å². The Balaban J connectivity index is 1.78. The number of hydrogen-bond donors (Lipinski definition) is 1. The molecule has 108 valence electrons. The molecule has 0 fully saturated rings. The first kappa shape index (κ1) is 13.9.